The van der Waals surface area contributed by atoms with E-state index < -0.39 is 9.84 Å². The molecule has 0 amide bonds. The van der Waals surface area contributed by atoms with Crippen LogP contribution < -0.4 is 4.74 Å². The molecule has 2 aromatic rings. The number of hydrogen-bond donors (Lipinski definition) is 0. The molecular formula is C20H25NO3S. The second-order valence-electron chi connectivity index (χ2n) is 6.83. The maximum atomic E-state index is 11.5. The lowest BCUT2D eigenvalue weighted by Gasteiger charge is -2.32. The van der Waals surface area contributed by atoms with Crippen LogP contribution in [-0.2, 0) is 16.4 Å². The summed E-state index contributed by atoms with van der Waals surface area (Å²) >= 11 is 0. The van der Waals surface area contributed by atoms with Gasteiger partial charge in [-0.15, -0.1) is 0 Å². The van der Waals surface area contributed by atoms with Crippen LogP contribution in [0.15, 0.2) is 53.4 Å². The molecule has 1 aliphatic heterocycles. The highest BCUT2D eigenvalue weighted by Crippen LogP contribution is 2.21. The molecule has 0 radical (unpaired) electrons. The molecule has 4 nitrogen and oxygen atoms in total. The second-order valence-corrected chi connectivity index (χ2v) is 8.84. The zero-order valence-corrected chi connectivity index (χ0v) is 15.6. The van der Waals surface area contributed by atoms with Crippen molar-refractivity contribution in [2.24, 2.45) is 0 Å². The van der Waals surface area contributed by atoms with Crippen molar-refractivity contribution < 1.29 is 13.2 Å². The Kier molecular flexibility index (Phi) is 5.45. The molecule has 1 heterocycles. The van der Waals surface area contributed by atoms with Crippen molar-refractivity contribution in [2.45, 2.75) is 37.3 Å². The van der Waals surface area contributed by atoms with Crippen LogP contribution in [0.1, 0.15) is 24.0 Å². The fourth-order valence-corrected chi connectivity index (χ4v) is 3.80. The van der Waals surface area contributed by atoms with Crippen LogP contribution in [0.3, 0.4) is 0 Å². The van der Waals surface area contributed by atoms with Crippen LogP contribution >= 0.6 is 0 Å². The Labute approximate surface area is 150 Å². The Bertz CT molecular complexity index is 807. The maximum absolute atomic E-state index is 11.5. The number of aryl methyl sites for hydroxylation is 1. The molecule has 1 aliphatic rings. The highest BCUT2D eigenvalue weighted by Gasteiger charge is 2.20. The van der Waals surface area contributed by atoms with Crippen molar-refractivity contribution in [3.63, 3.8) is 0 Å². The molecule has 0 atom stereocenters. The van der Waals surface area contributed by atoms with E-state index >= 15 is 0 Å². The summed E-state index contributed by atoms with van der Waals surface area (Å²) < 4.78 is 29.1. The molecule has 0 aromatic heterocycles. The van der Waals surface area contributed by atoms with Gasteiger partial charge in [-0.2, -0.15) is 0 Å². The maximum Gasteiger partial charge on any atom is 0.175 e. The molecule has 0 unspecified atom stereocenters. The first kappa shape index (κ1) is 18.0. The number of benzene rings is 2. The van der Waals surface area contributed by atoms with Gasteiger partial charge in [0.05, 0.1) is 4.90 Å². The fraction of sp³-hybridized carbons (Fsp3) is 0.400. The van der Waals surface area contributed by atoms with E-state index in [0.29, 0.717) is 4.90 Å². The van der Waals surface area contributed by atoms with Crippen molar-refractivity contribution in [3.05, 3.63) is 59.7 Å². The van der Waals surface area contributed by atoms with E-state index in [2.05, 4.69) is 24.0 Å². The van der Waals surface area contributed by atoms with E-state index in [9.17, 15) is 8.42 Å². The third-order valence-electron chi connectivity index (χ3n) is 4.58. The van der Waals surface area contributed by atoms with Gasteiger partial charge in [-0.25, -0.2) is 8.42 Å². The minimum atomic E-state index is -3.12. The lowest BCUT2D eigenvalue weighted by molar-refractivity contribution is 0.0967. The Balaban J connectivity index is 1.51. The van der Waals surface area contributed by atoms with Gasteiger partial charge in [-0.1, -0.05) is 24.3 Å². The zero-order chi connectivity index (χ0) is 17.9. The third-order valence-corrected chi connectivity index (χ3v) is 5.71. The van der Waals surface area contributed by atoms with Gasteiger partial charge in [0.2, 0.25) is 0 Å². The summed E-state index contributed by atoms with van der Waals surface area (Å²) in [6.45, 7) is 4.90. The summed E-state index contributed by atoms with van der Waals surface area (Å²) in [5.41, 5.74) is 2.36. The van der Waals surface area contributed by atoms with E-state index in [-0.39, 0.29) is 6.10 Å². The fourth-order valence-electron chi connectivity index (χ4n) is 3.17. The standard InChI is InChI=1S/C20H25NO3S/c1-16-4-3-5-19(14-16)24-18-10-12-21(13-11-18)15-17-6-8-20(9-7-17)25(2,22)23/h3-9,14,18H,10-13,15H2,1-2H3. The molecule has 0 bridgehead atoms. The van der Waals surface area contributed by atoms with Gasteiger partial charge in [0.1, 0.15) is 11.9 Å². The molecule has 134 valence electrons. The van der Waals surface area contributed by atoms with Gasteiger partial charge in [0.15, 0.2) is 9.84 Å². The van der Waals surface area contributed by atoms with Crippen molar-refractivity contribution in [1.82, 2.24) is 4.90 Å². The predicted octanol–water partition coefficient (Wildman–Crippen LogP) is 3.44. The number of likely N-dealkylation sites (tertiary alicyclic amines) is 1. The Morgan fingerprint density at radius 1 is 1.08 bits per heavy atom. The van der Waals surface area contributed by atoms with Gasteiger partial charge >= 0.3 is 0 Å². The molecule has 0 N–H and O–H groups in total. The van der Waals surface area contributed by atoms with E-state index in [1.165, 1.54) is 11.8 Å². The Morgan fingerprint density at radius 2 is 1.76 bits per heavy atom. The molecule has 5 heteroatoms. The number of ether oxygens (including phenoxy) is 1. The monoisotopic (exact) mass is 359 g/mol. The highest BCUT2D eigenvalue weighted by atomic mass is 32.2. The number of hydrogen-bond acceptors (Lipinski definition) is 4. The molecule has 25 heavy (non-hydrogen) atoms. The van der Waals surface area contributed by atoms with Crippen molar-refractivity contribution >= 4 is 9.84 Å². The van der Waals surface area contributed by atoms with Gasteiger partial charge in [0.25, 0.3) is 0 Å². The van der Waals surface area contributed by atoms with Crippen LogP contribution in [0.25, 0.3) is 0 Å². The smallest absolute Gasteiger partial charge is 0.175 e. The predicted molar refractivity (Wildman–Crippen MR) is 99.7 cm³/mol. The normalized spacial score (nSPS) is 16.7. The summed E-state index contributed by atoms with van der Waals surface area (Å²) in [5.74, 6) is 0.954. The molecule has 0 spiro atoms. The van der Waals surface area contributed by atoms with E-state index in [1.54, 1.807) is 12.1 Å². The molecule has 0 aliphatic carbocycles. The molecule has 1 fully saturated rings. The third kappa shape index (κ3) is 5.06. The molecule has 3 rings (SSSR count). The lowest BCUT2D eigenvalue weighted by atomic mass is 10.1. The first-order valence-corrected chi connectivity index (χ1v) is 10.5. The quantitative estimate of drug-likeness (QED) is 0.820. The summed E-state index contributed by atoms with van der Waals surface area (Å²) in [6.07, 6.45) is 3.52. The van der Waals surface area contributed by atoms with Gasteiger partial charge in [0, 0.05) is 25.9 Å². The largest absolute Gasteiger partial charge is 0.490 e. The van der Waals surface area contributed by atoms with E-state index in [0.717, 1.165) is 43.8 Å². The number of sulfone groups is 1. The van der Waals surface area contributed by atoms with Gasteiger partial charge in [-0.3, -0.25) is 4.90 Å². The first-order chi connectivity index (χ1) is 11.9. The topological polar surface area (TPSA) is 46.6 Å². The van der Waals surface area contributed by atoms with Crippen LogP contribution in [0.5, 0.6) is 5.75 Å². The second kappa shape index (κ2) is 7.58. The van der Waals surface area contributed by atoms with Crippen LogP contribution in [-0.4, -0.2) is 38.8 Å². The summed E-state index contributed by atoms with van der Waals surface area (Å²) in [5, 5.41) is 0. The van der Waals surface area contributed by atoms with Crippen LogP contribution in [0.4, 0.5) is 0 Å². The summed E-state index contributed by atoms with van der Waals surface area (Å²) in [7, 11) is -3.12. The minimum absolute atomic E-state index is 0.269. The van der Waals surface area contributed by atoms with Gasteiger partial charge < -0.3 is 4.74 Å². The van der Waals surface area contributed by atoms with Crippen LogP contribution in [0, 0.1) is 6.92 Å². The SMILES string of the molecule is Cc1cccc(OC2CCN(Cc3ccc(S(C)(=O)=O)cc3)CC2)c1. The molecule has 2 aromatic carbocycles. The Morgan fingerprint density at radius 3 is 2.36 bits per heavy atom. The van der Waals surface area contributed by atoms with Crippen molar-refractivity contribution in [1.29, 1.82) is 0 Å². The average molecular weight is 359 g/mol. The molecule has 0 saturated carbocycles. The highest BCUT2D eigenvalue weighted by molar-refractivity contribution is 7.90. The van der Waals surface area contributed by atoms with E-state index in [4.69, 9.17) is 4.74 Å². The van der Waals surface area contributed by atoms with Crippen molar-refractivity contribution in [3.8, 4) is 5.75 Å². The zero-order valence-electron chi connectivity index (χ0n) is 14.8. The Hall–Kier alpha value is -1.85. The molecular weight excluding hydrogens is 334 g/mol. The summed E-state index contributed by atoms with van der Waals surface area (Å²) in [4.78, 5) is 2.77. The molecule has 1 saturated heterocycles. The minimum Gasteiger partial charge on any atom is -0.490 e. The first-order valence-electron chi connectivity index (χ1n) is 8.65. The van der Waals surface area contributed by atoms with Gasteiger partial charge in [-0.05, 0) is 55.2 Å². The number of rotatable bonds is 5. The number of piperidine rings is 1. The summed E-state index contributed by atoms with van der Waals surface area (Å²) in [6, 6.07) is 15.4. The number of nitrogens with zero attached hydrogens (tertiary/aromatic N) is 1. The lowest BCUT2D eigenvalue weighted by Crippen LogP contribution is -2.37. The van der Waals surface area contributed by atoms with Crippen molar-refractivity contribution in [2.75, 3.05) is 19.3 Å². The van der Waals surface area contributed by atoms with E-state index in [1.807, 2.05) is 24.3 Å². The van der Waals surface area contributed by atoms with Crippen LogP contribution in [0.2, 0.25) is 0 Å². The average Bonchev–Trinajstić information content (AvgIpc) is 2.56.